The Labute approximate surface area is 155 Å². The number of amides is 1. The van der Waals surface area contributed by atoms with Crippen LogP contribution in [0, 0.1) is 5.82 Å². The summed E-state index contributed by atoms with van der Waals surface area (Å²) in [6, 6.07) is 14.6. The molecular formula is C19H17ClFN3O2. The Morgan fingerprint density at radius 3 is 2.58 bits per heavy atom. The number of carbonyl (C=O) groups is 1. The van der Waals surface area contributed by atoms with Crippen molar-refractivity contribution in [2.45, 2.75) is 19.6 Å². The summed E-state index contributed by atoms with van der Waals surface area (Å²) in [5, 5.41) is 7.68. The molecule has 0 bridgehead atoms. The van der Waals surface area contributed by atoms with E-state index < -0.39 is 6.10 Å². The molecular weight excluding hydrogens is 357 g/mol. The zero-order chi connectivity index (χ0) is 18.5. The van der Waals surface area contributed by atoms with Crippen molar-refractivity contribution < 1.29 is 13.9 Å². The van der Waals surface area contributed by atoms with E-state index in [0.29, 0.717) is 23.1 Å². The van der Waals surface area contributed by atoms with Gasteiger partial charge in [-0.1, -0.05) is 23.7 Å². The fourth-order valence-electron chi connectivity index (χ4n) is 2.33. The number of hydrogen-bond donors (Lipinski definition) is 1. The number of rotatable bonds is 6. The fraction of sp³-hybridized carbons (Fsp3) is 0.158. The highest BCUT2D eigenvalue weighted by Gasteiger charge is 2.17. The molecule has 7 heteroatoms. The zero-order valence-corrected chi connectivity index (χ0v) is 14.8. The molecule has 0 saturated carbocycles. The molecule has 3 rings (SSSR count). The number of nitrogens with one attached hydrogen (secondary N) is 1. The van der Waals surface area contributed by atoms with Crippen LogP contribution in [0.25, 0.3) is 0 Å². The van der Waals surface area contributed by atoms with Crippen molar-refractivity contribution >= 4 is 23.3 Å². The maximum Gasteiger partial charge on any atom is 0.266 e. The molecule has 0 aliphatic heterocycles. The molecule has 1 amide bonds. The number of ether oxygens (including phenoxy) is 1. The number of aromatic nitrogens is 2. The number of hydrogen-bond acceptors (Lipinski definition) is 3. The molecule has 1 aromatic heterocycles. The summed E-state index contributed by atoms with van der Waals surface area (Å²) < 4.78 is 20.1. The van der Waals surface area contributed by atoms with E-state index in [0.717, 1.165) is 5.56 Å². The number of anilines is 1. The topological polar surface area (TPSA) is 56.1 Å². The molecule has 1 unspecified atom stereocenters. The number of nitrogens with zero attached hydrogens (tertiary/aromatic N) is 2. The Kier molecular flexibility index (Phi) is 5.53. The van der Waals surface area contributed by atoms with E-state index in [-0.39, 0.29) is 11.7 Å². The van der Waals surface area contributed by atoms with Gasteiger partial charge in [0.25, 0.3) is 5.91 Å². The van der Waals surface area contributed by atoms with Crippen LogP contribution in [-0.2, 0) is 11.3 Å². The van der Waals surface area contributed by atoms with Crippen LogP contribution in [0.4, 0.5) is 10.2 Å². The van der Waals surface area contributed by atoms with Crippen LogP contribution in [0.15, 0.2) is 60.8 Å². The van der Waals surface area contributed by atoms with Gasteiger partial charge in [0.2, 0.25) is 0 Å². The van der Waals surface area contributed by atoms with E-state index in [9.17, 15) is 9.18 Å². The Bertz CT molecular complexity index is 879. The van der Waals surface area contributed by atoms with Crippen molar-refractivity contribution in [3.63, 3.8) is 0 Å². The van der Waals surface area contributed by atoms with Crippen LogP contribution in [0.2, 0.25) is 5.02 Å². The largest absolute Gasteiger partial charge is 0.481 e. The van der Waals surface area contributed by atoms with E-state index in [4.69, 9.17) is 16.3 Å². The maximum absolute atomic E-state index is 12.9. The molecule has 0 saturated heterocycles. The Morgan fingerprint density at radius 1 is 1.19 bits per heavy atom. The summed E-state index contributed by atoms with van der Waals surface area (Å²) in [6.07, 6.45) is 0.858. The van der Waals surface area contributed by atoms with Crippen molar-refractivity contribution in [1.29, 1.82) is 0 Å². The number of benzene rings is 2. The maximum atomic E-state index is 12.9. The molecule has 0 aliphatic carbocycles. The van der Waals surface area contributed by atoms with Crippen LogP contribution in [-0.4, -0.2) is 21.8 Å². The van der Waals surface area contributed by atoms with Gasteiger partial charge in [-0.05, 0) is 48.9 Å². The first-order valence-electron chi connectivity index (χ1n) is 8.00. The first kappa shape index (κ1) is 17.9. The molecule has 0 radical (unpaired) electrons. The zero-order valence-electron chi connectivity index (χ0n) is 14.0. The molecule has 5 nitrogen and oxygen atoms in total. The lowest BCUT2D eigenvalue weighted by Gasteiger charge is -2.15. The van der Waals surface area contributed by atoms with Gasteiger partial charge in [-0.15, -0.1) is 0 Å². The van der Waals surface area contributed by atoms with E-state index in [1.54, 1.807) is 36.0 Å². The first-order valence-corrected chi connectivity index (χ1v) is 8.38. The fourth-order valence-corrected chi connectivity index (χ4v) is 2.45. The second kappa shape index (κ2) is 8.01. The third-order valence-electron chi connectivity index (χ3n) is 3.71. The van der Waals surface area contributed by atoms with Crippen LogP contribution in [0.5, 0.6) is 5.75 Å². The predicted octanol–water partition coefficient (Wildman–Crippen LogP) is 4.13. The first-order chi connectivity index (χ1) is 12.5. The molecule has 1 N–H and O–H groups in total. The SMILES string of the molecule is CC(Oc1ccc(F)cc1)C(=O)Nc1ccnn1Cc1ccc(Cl)cc1. The molecule has 0 spiro atoms. The van der Waals surface area contributed by atoms with Crippen molar-refractivity contribution in [3.8, 4) is 5.75 Å². The Balaban J connectivity index is 1.63. The molecule has 1 atom stereocenters. The number of halogens is 2. The lowest BCUT2D eigenvalue weighted by Crippen LogP contribution is -2.31. The minimum Gasteiger partial charge on any atom is -0.481 e. The third-order valence-corrected chi connectivity index (χ3v) is 3.96. The molecule has 26 heavy (non-hydrogen) atoms. The molecule has 2 aromatic carbocycles. The van der Waals surface area contributed by atoms with Crippen LogP contribution in [0.3, 0.4) is 0 Å². The summed E-state index contributed by atoms with van der Waals surface area (Å²) in [5.74, 6) is 0.288. The average Bonchev–Trinajstić information content (AvgIpc) is 3.05. The summed E-state index contributed by atoms with van der Waals surface area (Å²) in [4.78, 5) is 12.4. The van der Waals surface area contributed by atoms with Gasteiger partial charge in [-0.3, -0.25) is 4.79 Å². The van der Waals surface area contributed by atoms with Crippen molar-refractivity contribution in [3.05, 3.63) is 77.2 Å². The van der Waals surface area contributed by atoms with Crippen molar-refractivity contribution in [1.82, 2.24) is 9.78 Å². The second-order valence-corrected chi connectivity index (χ2v) is 6.14. The quantitative estimate of drug-likeness (QED) is 0.706. The normalized spacial score (nSPS) is 11.8. The summed E-state index contributed by atoms with van der Waals surface area (Å²) in [6.45, 7) is 2.12. The van der Waals surface area contributed by atoms with Gasteiger partial charge in [0.05, 0.1) is 12.7 Å². The Hall–Kier alpha value is -2.86. The smallest absolute Gasteiger partial charge is 0.266 e. The lowest BCUT2D eigenvalue weighted by atomic mass is 10.2. The van der Waals surface area contributed by atoms with Crippen LogP contribution < -0.4 is 10.1 Å². The Morgan fingerprint density at radius 2 is 1.88 bits per heavy atom. The standard InChI is InChI=1S/C19H17ClFN3O2/c1-13(26-17-8-6-16(21)7-9-17)19(25)23-18-10-11-22-24(18)12-14-2-4-15(20)5-3-14/h2-11,13H,12H2,1H3,(H,23,25). The summed E-state index contributed by atoms with van der Waals surface area (Å²) in [5.41, 5.74) is 1.00. The average molecular weight is 374 g/mol. The minimum absolute atomic E-state index is 0.327. The van der Waals surface area contributed by atoms with Gasteiger partial charge in [0.1, 0.15) is 17.4 Å². The van der Waals surface area contributed by atoms with Gasteiger partial charge in [-0.2, -0.15) is 5.10 Å². The minimum atomic E-state index is -0.751. The second-order valence-electron chi connectivity index (χ2n) is 5.70. The van der Waals surface area contributed by atoms with Gasteiger partial charge in [0.15, 0.2) is 6.10 Å². The van der Waals surface area contributed by atoms with Crippen LogP contribution >= 0.6 is 11.6 Å². The van der Waals surface area contributed by atoms with Crippen molar-refractivity contribution in [2.75, 3.05) is 5.32 Å². The highest BCUT2D eigenvalue weighted by molar-refractivity contribution is 6.30. The van der Waals surface area contributed by atoms with E-state index >= 15 is 0 Å². The lowest BCUT2D eigenvalue weighted by molar-refractivity contribution is -0.122. The highest BCUT2D eigenvalue weighted by Crippen LogP contribution is 2.16. The van der Waals surface area contributed by atoms with Gasteiger partial charge in [-0.25, -0.2) is 9.07 Å². The third kappa shape index (κ3) is 4.61. The summed E-state index contributed by atoms with van der Waals surface area (Å²) in [7, 11) is 0. The van der Waals surface area contributed by atoms with Gasteiger partial charge in [0, 0.05) is 11.1 Å². The molecule has 3 aromatic rings. The van der Waals surface area contributed by atoms with E-state index in [2.05, 4.69) is 10.4 Å². The van der Waals surface area contributed by atoms with Gasteiger partial charge < -0.3 is 10.1 Å². The van der Waals surface area contributed by atoms with Crippen LogP contribution in [0.1, 0.15) is 12.5 Å². The van der Waals surface area contributed by atoms with E-state index in [1.165, 1.54) is 24.3 Å². The molecule has 0 fully saturated rings. The molecule has 1 heterocycles. The van der Waals surface area contributed by atoms with Gasteiger partial charge >= 0.3 is 0 Å². The molecule has 134 valence electrons. The predicted molar refractivity (Wildman–Crippen MR) is 97.9 cm³/mol. The van der Waals surface area contributed by atoms with E-state index in [1.807, 2.05) is 12.1 Å². The monoisotopic (exact) mass is 373 g/mol. The highest BCUT2D eigenvalue weighted by atomic mass is 35.5. The molecule has 0 aliphatic rings. The summed E-state index contributed by atoms with van der Waals surface area (Å²) >= 11 is 5.89. The van der Waals surface area contributed by atoms with Crippen molar-refractivity contribution in [2.24, 2.45) is 0 Å². The number of carbonyl (C=O) groups excluding carboxylic acids is 1.